The van der Waals surface area contributed by atoms with E-state index in [0.717, 1.165) is 35.8 Å². The minimum atomic E-state index is 0.588. The van der Waals surface area contributed by atoms with Crippen molar-refractivity contribution in [3.8, 4) is 5.75 Å². The Morgan fingerprint density at radius 2 is 2.12 bits per heavy atom. The first-order chi connectivity index (χ1) is 7.65. The maximum atomic E-state index is 6.11. The van der Waals surface area contributed by atoms with Crippen LogP contribution in [0.1, 0.15) is 25.8 Å². The van der Waals surface area contributed by atoms with Gasteiger partial charge in [0.05, 0.1) is 6.61 Å². The second-order valence-electron chi connectivity index (χ2n) is 4.29. The maximum absolute atomic E-state index is 6.11. The molecule has 0 fully saturated rings. The number of benzene rings is 1. The van der Waals surface area contributed by atoms with E-state index in [0.29, 0.717) is 12.5 Å². The maximum Gasteiger partial charge on any atom is 0.124 e. The zero-order chi connectivity index (χ0) is 12.0. The van der Waals surface area contributed by atoms with Crippen LogP contribution in [0.15, 0.2) is 18.2 Å². The van der Waals surface area contributed by atoms with Gasteiger partial charge in [0.15, 0.2) is 0 Å². The predicted octanol–water partition coefficient (Wildman–Crippen LogP) is 3.27. The molecule has 2 nitrogen and oxygen atoms in total. The van der Waals surface area contributed by atoms with Crippen molar-refractivity contribution in [1.82, 2.24) is 0 Å². The summed E-state index contributed by atoms with van der Waals surface area (Å²) in [6, 6.07) is 5.74. The summed E-state index contributed by atoms with van der Waals surface area (Å²) >= 11 is 6.11. The molecule has 1 aromatic rings. The third kappa shape index (κ3) is 4.03. The van der Waals surface area contributed by atoms with Crippen molar-refractivity contribution in [3.63, 3.8) is 0 Å². The summed E-state index contributed by atoms with van der Waals surface area (Å²) in [6.45, 7) is 5.68. The molecule has 0 amide bonds. The molecule has 0 aliphatic heterocycles. The van der Waals surface area contributed by atoms with Gasteiger partial charge in [0.25, 0.3) is 0 Å². The number of halogens is 1. The first-order valence-corrected chi connectivity index (χ1v) is 6.13. The molecule has 1 rings (SSSR count). The van der Waals surface area contributed by atoms with Gasteiger partial charge >= 0.3 is 0 Å². The second-order valence-corrected chi connectivity index (χ2v) is 4.69. The van der Waals surface area contributed by atoms with E-state index in [1.807, 2.05) is 18.2 Å². The van der Waals surface area contributed by atoms with E-state index in [1.54, 1.807) is 0 Å². The van der Waals surface area contributed by atoms with Crippen LogP contribution in [0, 0.1) is 5.92 Å². The Bertz CT molecular complexity index is 326. The summed E-state index contributed by atoms with van der Waals surface area (Å²) in [5.41, 5.74) is 6.58. The number of hydrogen-bond donors (Lipinski definition) is 1. The zero-order valence-corrected chi connectivity index (χ0v) is 10.8. The van der Waals surface area contributed by atoms with Crippen LogP contribution < -0.4 is 10.5 Å². The molecule has 0 spiro atoms. The minimum absolute atomic E-state index is 0.588. The van der Waals surface area contributed by atoms with Crippen LogP contribution in [0.3, 0.4) is 0 Å². The van der Waals surface area contributed by atoms with Gasteiger partial charge in [-0.2, -0.15) is 0 Å². The smallest absolute Gasteiger partial charge is 0.124 e. The van der Waals surface area contributed by atoms with Crippen LogP contribution in [0.5, 0.6) is 5.75 Å². The van der Waals surface area contributed by atoms with Crippen LogP contribution in [0.4, 0.5) is 0 Å². The molecule has 3 heteroatoms. The highest BCUT2D eigenvalue weighted by Gasteiger charge is 2.07. The third-order valence-corrected chi connectivity index (χ3v) is 2.78. The molecule has 0 saturated heterocycles. The second kappa shape index (κ2) is 6.77. The Morgan fingerprint density at radius 1 is 1.38 bits per heavy atom. The first kappa shape index (κ1) is 13.3. The molecule has 0 aliphatic rings. The van der Waals surface area contributed by atoms with Crippen LogP contribution in [0.25, 0.3) is 0 Å². The normalized spacial score (nSPS) is 10.8. The fourth-order valence-electron chi connectivity index (χ4n) is 1.47. The van der Waals surface area contributed by atoms with Crippen molar-refractivity contribution in [1.29, 1.82) is 0 Å². The fourth-order valence-corrected chi connectivity index (χ4v) is 1.73. The largest absolute Gasteiger partial charge is 0.493 e. The lowest BCUT2D eigenvalue weighted by atomic mass is 10.1. The lowest BCUT2D eigenvalue weighted by Crippen LogP contribution is -2.07. The van der Waals surface area contributed by atoms with Crippen molar-refractivity contribution in [2.45, 2.75) is 26.7 Å². The van der Waals surface area contributed by atoms with Gasteiger partial charge in [-0.05, 0) is 37.4 Å². The van der Waals surface area contributed by atoms with Gasteiger partial charge in [-0.3, -0.25) is 0 Å². The highest BCUT2D eigenvalue weighted by molar-refractivity contribution is 6.31. The van der Waals surface area contributed by atoms with Crippen molar-refractivity contribution in [3.05, 3.63) is 28.8 Å². The molecule has 0 heterocycles. The average Bonchev–Trinajstić information content (AvgIpc) is 2.22. The fraction of sp³-hybridized carbons (Fsp3) is 0.538. The van der Waals surface area contributed by atoms with Gasteiger partial charge in [0.1, 0.15) is 5.75 Å². The highest BCUT2D eigenvalue weighted by Crippen LogP contribution is 2.26. The van der Waals surface area contributed by atoms with Crippen LogP contribution in [0.2, 0.25) is 5.02 Å². The predicted molar refractivity (Wildman–Crippen MR) is 69.2 cm³/mol. The molecule has 0 aromatic heterocycles. The minimum Gasteiger partial charge on any atom is -0.493 e. The quantitative estimate of drug-likeness (QED) is 0.830. The number of rotatable bonds is 6. The van der Waals surface area contributed by atoms with Crippen molar-refractivity contribution >= 4 is 11.6 Å². The van der Waals surface area contributed by atoms with Gasteiger partial charge in [0, 0.05) is 10.6 Å². The standard InChI is InChI=1S/C13H20ClNO/c1-10(2)7-9-16-13-5-3-4-12(14)11(13)6-8-15/h3-5,10H,6-9,15H2,1-2H3. The van der Waals surface area contributed by atoms with E-state index in [4.69, 9.17) is 22.1 Å². The van der Waals surface area contributed by atoms with Crippen LogP contribution >= 0.6 is 11.6 Å². The van der Waals surface area contributed by atoms with Gasteiger partial charge in [-0.1, -0.05) is 31.5 Å². The Hall–Kier alpha value is -0.730. The molecule has 1 aromatic carbocycles. The van der Waals surface area contributed by atoms with Crippen molar-refractivity contribution in [2.75, 3.05) is 13.2 Å². The van der Waals surface area contributed by atoms with E-state index in [2.05, 4.69) is 13.8 Å². The van der Waals surface area contributed by atoms with Gasteiger partial charge in [-0.25, -0.2) is 0 Å². The molecule has 0 aliphatic carbocycles. The SMILES string of the molecule is CC(C)CCOc1cccc(Cl)c1CCN. The Balaban J connectivity index is 2.66. The van der Waals surface area contributed by atoms with Gasteiger partial charge in [-0.15, -0.1) is 0 Å². The molecule has 0 radical (unpaired) electrons. The zero-order valence-electron chi connectivity index (χ0n) is 10.0. The topological polar surface area (TPSA) is 35.2 Å². The summed E-state index contributed by atoms with van der Waals surface area (Å²) < 4.78 is 5.74. The average molecular weight is 242 g/mol. The lowest BCUT2D eigenvalue weighted by Gasteiger charge is -2.13. The van der Waals surface area contributed by atoms with E-state index in [-0.39, 0.29) is 0 Å². The highest BCUT2D eigenvalue weighted by atomic mass is 35.5. The molecule has 0 unspecified atom stereocenters. The van der Waals surface area contributed by atoms with Gasteiger partial charge in [0.2, 0.25) is 0 Å². The summed E-state index contributed by atoms with van der Waals surface area (Å²) in [7, 11) is 0. The summed E-state index contributed by atoms with van der Waals surface area (Å²) in [4.78, 5) is 0. The van der Waals surface area contributed by atoms with Crippen LogP contribution in [-0.4, -0.2) is 13.2 Å². The molecule has 0 saturated carbocycles. The van der Waals surface area contributed by atoms with Crippen LogP contribution in [-0.2, 0) is 6.42 Å². The number of nitrogens with two attached hydrogens (primary N) is 1. The summed E-state index contributed by atoms with van der Waals surface area (Å²) in [5, 5.41) is 0.743. The molecule has 90 valence electrons. The number of hydrogen-bond acceptors (Lipinski definition) is 2. The van der Waals surface area contributed by atoms with Crippen molar-refractivity contribution in [2.24, 2.45) is 11.7 Å². The van der Waals surface area contributed by atoms with E-state index >= 15 is 0 Å². The van der Waals surface area contributed by atoms with E-state index in [1.165, 1.54) is 0 Å². The molecule has 0 atom stereocenters. The molecule has 2 N–H and O–H groups in total. The number of ether oxygens (including phenoxy) is 1. The third-order valence-electron chi connectivity index (χ3n) is 2.42. The Morgan fingerprint density at radius 3 is 2.75 bits per heavy atom. The van der Waals surface area contributed by atoms with E-state index < -0.39 is 0 Å². The Kier molecular flexibility index (Phi) is 5.64. The van der Waals surface area contributed by atoms with Gasteiger partial charge < -0.3 is 10.5 Å². The molecular weight excluding hydrogens is 222 g/mol. The molecule has 16 heavy (non-hydrogen) atoms. The summed E-state index contributed by atoms with van der Waals surface area (Å²) in [5.74, 6) is 1.52. The summed E-state index contributed by atoms with van der Waals surface area (Å²) in [6.07, 6.45) is 1.81. The first-order valence-electron chi connectivity index (χ1n) is 5.75. The lowest BCUT2D eigenvalue weighted by molar-refractivity contribution is 0.287. The van der Waals surface area contributed by atoms with Crippen molar-refractivity contribution < 1.29 is 4.74 Å². The van der Waals surface area contributed by atoms with E-state index in [9.17, 15) is 0 Å². The molecule has 0 bridgehead atoms. The molecular formula is C13H20ClNO. The monoisotopic (exact) mass is 241 g/mol. The Labute approximate surface area is 103 Å².